The molecular formula is C16H11BrFNO3. The highest BCUT2D eigenvalue weighted by Gasteiger charge is 2.13. The Balaban J connectivity index is 1.70. The van der Waals surface area contributed by atoms with E-state index in [0.717, 1.165) is 4.47 Å². The number of rotatable bonds is 3. The summed E-state index contributed by atoms with van der Waals surface area (Å²) in [5.74, 6) is 0.470. The van der Waals surface area contributed by atoms with Crippen LogP contribution in [0.3, 0.4) is 0 Å². The zero-order valence-corrected chi connectivity index (χ0v) is 12.9. The first-order valence-corrected chi connectivity index (χ1v) is 7.25. The summed E-state index contributed by atoms with van der Waals surface area (Å²) in [6.45, 7) is 0.175. The molecule has 0 atom stereocenters. The summed E-state index contributed by atoms with van der Waals surface area (Å²) in [6, 6.07) is 9.63. The second-order valence-electron chi connectivity index (χ2n) is 4.56. The minimum absolute atomic E-state index is 0.175. The predicted molar refractivity (Wildman–Crippen MR) is 84.3 cm³/mol. The number of nitrogens with one attached hydrogen (secondary N) is 1. The number of fused-ring (bicyclic) bond motifs is 1. The van der Waals surface area contributed by atoms with E-state index in [1.54, 1.807) is 30.3 Å². The van der Waals surface area contributed by atoms with E-state index in [0.29, 0.717) is 22.7 Å². The lowest BCUT2D eigenvalue weighted by molar-refractivity contribution is -0.111. The van der Waals surface area contributed by atoms with Gasteiger partial charge in [-0.05, 0) is 36.4 Å². The number of carbonyl (C=O) groups excluding carboxylic acids is 1. The van der Waals surface area contributed by atoms with E-state index in [2.05, 4.69) is 21.2 Å². The van der Waals surface area contributed by atoms with Gasteiger partial charge in [-0.15, -0.1) is 0 Å². The average Bonchev–Trinajstić information content (AvgIpc) is 2.96. The van der Waals surface area contributed by atoms with Gasteiger partial charge < -0.3 is 14.8 Å². The summed E-state index contributed by atoms with van der Waals surface area (Å²) in [4.78, 5) is 11.9. The van der Waals surface area contributed by atoms with Gasteiger partial charge in [0.1, 0.15) is 5.82 Å². The highest BCUT2D eigenvalue weighted by atomic mass is 79.9. The Labute approximate surface area is 134 Å². The fourth-order valence-corrected chi connectivity index (χ4v) is 2.34. The molecule has 3 rings (SSSR count). The molecule has 1 aliphatic rings. The van der Waals surface area contributed by atoms with Crippen LogP contribution in [0.25, 0.3) is 6.08 Å². The van der Waals surface area contributed by atoms with Crippen LogP contribution < -0.4 is 14.8 Å². The van der Waals surface area contributed by atoms with Crippen molar-refractivity contribution in [3.63, 3.8) is 0 Å². The summed E-state index contributed by atoms with van der Waals surface area (Å²) >= 11 is 3.26. The lowest BCUT2D eigenvalue weighted by Crippen LogP contribution is -2.07. The molecular weight excluding hydrogens is 353 g/mol. The molecule has 2 aromatic carbocycles. The Bertz CT molecular complexity index is 761. The Morgan fingerprint density at radius 3 is 2.86 bits per heavy atom. The summed E-state index contributed by atoms with van der Waals surface area (Å²) in [6.07, 6.45) is 2.69. The van der Waals surface area contributed by atoms with Crippen molar-refractivity contribution in [2.45, 2.75) is 0 Å². The highest BCUT2D eigenvalue weighted by molar-refractivity contribution is 9.10. The van der Waals surface area contributed by atoms with Crippen molar-refractivity contribution in [2.24, 2.45) is 0 Å². The van der Waals surface area contributed by atoms with Gasteiger partial charge in [-0.1, -0.05) is 15.9 Å². The molecule has 0 saturated heterocycles. The van der Waals surface area contributed by atoms with Gasteiger partial charge in [-0.3, -0.25) is 4.79 Å². The van der Waals surface area contributed by atoms with Crippen LogP contribution in [-0.4, -0.2) is 12.7 Å². The third-order valence-electron chi connectivity index (χ3n) is 3.01. The Hall–Kier alpha value is -2.34. The van der Waals surface area contributed by atoms with Crippen molar-refractivity contribution < 1.29 is 18.7 Å². The maximum atomic E-state index is 13.6. The Kier molecular flexibility index (Phi) is 4.11. The smallest absolute Gasteiger partial charge is 0.248 e. The number of hydrogen-bond donors (Lipinski definition) is 1. The van der Waals surface area contributed by atoms with Crippen molar-refractivity contribution in [2.75, 3.05) is 12.1 Å². The maximum Gasteiger partial charge on any atom is 0.248 e. The molecule has 0 aromatic heterocycles. The largest absolute Gasteiger partial charge is 0.454 e. The van der Waals surface area contributed by atoms with Gasteiger partial charge in [0.25, 0.3) is 0 Å². The zero-order chi connectivity index (χ0) is 15.5. The van der Waals surface area contributed by atoms with E-state index in [-0.39, 0.29) is 12.7 Å². The molecule has 1 aliphatic heterocycles. The number of halogens is 2. The third kappa shape index (κ3) is 3.28. The molecule has 0 unspecified atom stereocenters. The molecule has 0 saturated carbocycles. The van der Waals surface area contributed by atoms with Crippen molar-refractivity contribution in [1.29, 1.82) is 0 Å². The van der Waals surface area contributed by atoms with Gasteiger partial charge >= 0.3 is 0 Å². The second-order valence-corrected chi connectivity index (χ2v) is 5.47. The second kappa shape index (κ2) is 6.19. The van der Waals surface area contributed by atoms with Gasteiger partial charge in [-0.25, -0.2) is 4.39 Å². The summed E-state index contributed by atoms with van der Waals surface area (Å²) < 4.78 is 24.7. The number of amides is 1. The minimum Gasteiger partial charge on any atom is -0.454 e. The predicted octanol–water partition coefficient (Wildman–Crippen LogP) is 3.97. The van der Waals surface area contributed by atoms with Crippen molar-refractivity contribution in [3.8, 4) is 11.5 Å². The number of carbonyl (C=O) groups is 1. The molecule has 0 radical (unpaired) electrons. The van der Waals surface area contributed by atoms with Gasteiger partial charge in [0, 0.05) is 27.9 Å². The molecule has 0 fully saturated rings. The fraction of sp³-hybridized carbons (Fsp3) is 0.0625. The third-order valence-corrected chi connectivity index (χ3v) is 3.51. The van der Waals surface area contributed by atoms with Crippen LogP contribution >= 0.6 is 15.9 Å². The molecule has 0 bridgehead atoms. The first-order chi connectivity index (χ1) is 10.6. The molecule has 0 aliphatic carbocycles. The topological polar surface area (TPSA) is 47.6 Å². The molecule has 1 heterocycles. The minimum atomic E-state index is -0.393. The monoisotopic (exact) mass is 363 g/mol. The quantitative estimate of drug-likeness (QED) is 0.839. The van der Waals surface area contributed by atoms with Crippen LogP contribution in [0.15, 0.2) is 46.9 Å². The van der Waals surface area contributed by atoms with E-state index in [9.17, 15) is 9.18 Å². The van der Waals surface area contributed by atoms with E-state index in [4.69, 9.17) is 9.47 Å². The average molecular weight is 364 g/mol. The van der Waals surface area contributed by atoms with Crippen LogP contribution in [0.2, 0.25) is 0 Å². The number of benzene rings is 2. The SMILES string of the molecule is O=C(/C=C/c1cc(Br)ccc1F)Nc1ccc2c(c1)OCO2. The van der Waals surface area contributed by atoms with Gasteiger partial charge in [0.2, 0.25) is 12.7 Å². The molecule has 6 heteroatoms. The fourth-order valence-electron chi connectivity index (χ4n) is 1.97. The molecule has 22 heavy (non-hydrogen) atoms. The van der Waals surface area contributed by atoms with Crippen LogP contribution in [0, 0.1) is 5.82 Å². The van der Waals surface area contributed by atoms with Crippen molar-refractivity contribution in [3.05, 3.63) is 58.3 Å². The first-order valence-electron chi connectivity index (χ1n) is 6.45. The van der Waals surface area contributed by atoms with E-state index < -0.39 is 5.82 Å². The first kappa shape index (κ1) is 14.6. The van der Waals surface area contributed by atoms with E-state index in [1.807, 2.05) is 0 Å². The van der Waals surface area contributed by atoms with Crippen LogP contribution in [0.4, 0.5) is 10.1 Å². The zero-order valence-electron chi connectivity index (χ0n) is 11.3. The Morgan fingerprint density at radius 1 is 1.18 bits per heavy atom. The van der Waals surface area contributed by atoms with E-state index in [1.165, 1.54) is 18.2 Å². The van der Waals surface area contributed by atoms with Gasteiger partial charge in [0.15, 0.2) is 11.5 Å². The lowest BCUT2D eigenvalue weighted by Gasteiger charge is -2.03. The normalized spacial score (nSPS) is 12.6. The molecule has 1 amide bonds. The number of ether oxygens (including phenoxy) is 2. The Morgan fingerprint density at radius 2 is 2.00 bits per heavy atom. The molecule has 4 nitrogen and oxygen atoms in total. The van der Waals surface area contributed by atoms with Crippen LogP contribution in [0.5, 0.6) is 11.5 Å². The number of hydrogen-bond acceptors (Lipinski definition) is 3. The number of anilines is 1. The molecule has 112 valence electrons. The van der Waals surface area contributed by atoms with Gasteiger partial charge in [-0.2, -0.15) is 0 Å². The highest BCUT2D eigenvalue weighted by Crippen LogP contribution is 2.34. The summed E-state index contributed by atoms with van der Waals surface area (Å²) in [7, 11) is 0. The summed E-state index contributed by atoms with van der Waals surface area (Å²) in [5, 5.41) is 2.68. The molecule has 1 N–H and O–H groups in total. The van der Waals surface area contributed by atoms with Crippen LogP contribution in [-0.2, 0) is 4.79 Å². The lowest BCUT2D eigenvalue weighted by atomic mass is 10.2. The summed E-state index contributed by atoms with van der Waals surface area (Å²) in [5.41, 5.74) is 0.906. The van der Waals surface area contributed by atoms with Crippen molar-refractivity contribution in [1.82, 2.24) is 0 Å². The standard InChI is InChI=1S/C16H11BrFNO3/c17-11-2-4-13(18)10(7-11)1-6-16(20)19-12-3-5-14-15(8-12)22-9-21-14/h1-8H,9H2,(H,19,20)/b6-1+. The molecule has 2 aromatic rings. The molecule has 0 spiro atoms. The van der Waals surface area contributed by atoms with E-state index >= 15 is 0 Å². The van der Waals surface area contributed by atoms with Crippen LogP contribution in [0.1, 0.15) is 5.56 Å². The van der Waals surface area contributed by atoms with Crippen molar-refractivity contribution >= 4 is 33.6 Å². The maximum absolute atomic E-state index is 13.6. The van der Waals surface area contributed by atoms with Gasteiger partial charge in [0.05, 0.1) is 0 Å².